The lowest BCUT2D eigenvalue weighted by molar-refractivity contribution is -0.121. The van der Waals surface area contributed by atoms with Gasteiger partial charge in [-0.25, -0.2) is 0 Å². The standard InChI is InChI=1S/C18H27N3O/c22-18(12-17-4-3-9-19-17)20-13-15-5-7-16(8-6-15)14-21-10-1-2-11-21/h5-8,17,19H,1-4,9-14H2,(H,20,22). The number of amides is 1. The van der Waals surface area contributed by atoms with Crippen LogP contribution < -0.4 is 10.6 Å². The van der Waals surface area contributed by atoms with Crippen molar-refractivity contribution < 1.29 is 4.79 Å². The van der Waals surface area contributed by atoms with E-state index in [2.05, 4.69) is 39.8 Å². The van der Waals surface area contributed by atoms with Crippen LogP contribution in [0.5, 0.6) is 0 Å². The quantitative estimate of drug-likeness (QED) is 0.845. The molecule has 120 valence electrons. The number of carbonyl (C=O) groups excluding carboxylic acids is 1. The van der Waals surface area contributed by atoms with Crippen LogP contribution in [-0.2, 0) is 17.9 Å². The van der Waals surface area contributed by atoms with E-state index in [1.54, 1.807) is 0 Å². The Hall–Kier alpha value is -1.39. The Labute approximate surface area is 133 Å². The largest absolute Gasteiger partial charge is 0.352 e. The molecule has 0 spiro atoms. The Bertz CT molecular complexity index is 474. The minimum Gasteiger partial charge on any atom is -0.352 e. The molecule has 2 fully saturated rings. The lowest BCUT2D eigenvalue weighted by Crippen LogP contribution is -2.31. The molecule has 1 aromatic rings. The molecule has 2 heterocycles. The summed E-state index contributed by atoms with van der Waals surface area (Å²) in [6.45, 7) is 5.20. The highest BCUT2D eigenvalue weighted by molar-refractivity contribution is 5.76. The van der Waals surface area contributed by atoms with Crippen LogP contribution in [0.3, 0.4) is 0 Å². The van der Waals surface area contributed by atoms with Crippen molar-refractivity contribution in [1.29, 1.82) is 0 Å². The third-order valence-corrected chi connectivity index (χ3v) is 4.71. The van der Waals surface area contributed by atoms with Gasteiger partial charge in [-0.15, -0.1) is 0 Å². The van der Waals surface area contributed by atoms with Gasteiger partial charge in [0.05, 0.1) is 0 Å². The van der Waals surface area contributed by atoms with E-state index in [0.29, 0.717) is 19.0 Å². The molecule has 0 aliphatic carbocycles. The van der Waals surface area contributed by atoms with Gasteiger partial charge in [0, 0.05) is 25.6 Å². The zero-order valence-electron chi connectivity index (χ0n) is 13.3. The van der Waals surface area contributed by atoms with Crippen LogP contribution in [0.4, 0.5) is 0 Å². The summed E-state index contributed by atoms with van der Waals surface area (Å²) in [7, 11) is 0. The van der Waals surface area contributed by atoms with E-state index in [1.807, 2.05) is 0 Å². The smallest absolute Gasteiger partial charge is 0.221 e. The van der Waals surface area contributed by atoms with Gasteiger partial charge in [-0.3, -0.25) is 9.69 Å². The molecule has 2 aliphatic rings. The Balaban J connectivity index is 1.41. The molecule has 4 heteroatoms. The zero-order chi connectivity index (χ0) is 15.2. The van der Waals surface area contributed by atoms with Crippen molar-refractivity contribution in [3.8, 4) is 0 Å². The van der Waals surface area contributed by atoms with Crippen molar-refractivity contribution in [2.24, 2.45) is 0 Å². The highest BCUT2D eigenvalue weighted by Crippen LogP contribution is 2.13. The Morgan fingerprint density at radius 2 is 1.86 bits per heavy atom. The molecule has 2 N–H and O–H groups in total. The second-order valence-electron chi connectivity index (χ2n) is 6.57. The lowest BCUT2D eigenvalue weighted by Gasteiger charge is -2.15. The molecule has 0 radical (unpaired) electrons. The molecule has 3 rings (SSSR count). The first kappa shape index (κ1) is 15.5. The molecule has 0 bridgehead atoms. The van der Waals surface area contributed by atoms with Gasteiger partial charge in [-0.05, 0) is 56.4 Å². The van der Waals surface area contributed by atoms with Gasteiger partial charge in [0.25, 0.3) is 0 Å². The van der Waals surface area contributed by atoms with Crippen LogP contribution in [0.15, 0.2) is 24.3 Å². The van der Waals surface area contributed by atoms with E-state index in [1.165, 1.54) is 43.5 Å². The van der Waals surface area contributed by atoms with Crippen molar-refractivity contribution in [2.45, 2.75) is 51.2 Å². The molecule has 1 amide bonds. The number of hydrogen-bond acceptors (Lipinski definition) is 3. The third-order valence-electron chi connectivity index (χ3n) is 4.71. The van der Waals surface area contributed by atoms with E-state index in [9.17, 15) is 4.79 Å². The summed E-state index contributed by atoms with van der Waals surface area (Å²) in [4.78, 5) is 14.4. The van der Waals surface area contributed by atoms with Crippen LogP contribution >= 0.6 is 0 Å². The first-order chi connectivity index (χ1) is 10.8. The predicted octanol–water partition coefficient (Wildman–Crippen LogP) is 2.04. The number of likely N-dealkylation sites (tertiary alicyclic amines) is 1. The average Bonchev–Trinajstić information content (AvgIpc) is 3.20. The van der Waals surface area contributed by atoms with Gasteiger partial charge in [0.15, 0.2) is 0 Å². The van der Waals surface area contributed by atoms with Gasteiger partial charge in [-0.2, -0.15) is 0 Å². The average molecular weight is 301 g/mol. The fourth-order valence-corrected chi connectivity index (χ4v) is 3.39. The number of rotatable bonds is 6. The Kier molecular flexibility index (Phi) is 5.46. The maximum atomic E-state index is 11.9. The van der Waals surface area contributed by atoms with E-state index >= 15 is 0 Å². The van der Waals surface area contributed by atoms with Crippen molar-refractivity contribution in [3.05, 3.63) is 35.4 Å². The predicted molar refractivity (Wildman–Crippen MR) is 88.4 cm³/mol. The van der Waals surface area contributed by atoms with Gasteiger partial charge in [-0.1, -0.05) is 24.3 Å². The molecule has 1 aromatic carbocycles. The van der Waals surface area contributed by atoms with Gasteiger partial charge >= 0.3 is 0 Å². The highest BCUT2D eigenvalue weighted by Gasteiger charge is 2.17. The van der Waals surface area contributed by atoms with E-state index in [-0.39, 0.29) is 5.91 Å². The van der Waals surface area contributed by atoms with E-state index in [0.717, 1.165) is 19.5 Å². The van der Waals surface area contributed by atoms with Gasteiger partial charge in [0.1, 0.15) is 0 Å². The number of hydrogen-bond donors (Lipinski definition) is 2. The fraction of sp³-hybridized carbons (Fsp3) is 0.611. The maximum Gasteiger partial charge on any atom is 0.221 e. The summed E-state index contributed by atoms with van der Waals surface area (Å²) in [5.74, 6) is 0.153. The minimum absolute atomic E-state index is 0.153. The molecule has 0 aromatic heterocycles. The van der Waals surface area contributed by atoms with Crippen molar-refractivity contribution in [3.63, 3.8) is 0 Å². The number of carbonyl (C=O) groups is 1. The van der Waals surface area contributed by atoms with Crippen LogP contribution in [-0.4, -0.2) is 36.5 Å². The van der Waals surface area contributed by atoms with E-state index < -0.39 is 0 Å². The molecular weight excluding hydrogens is 274 g/mol. The number of benzene rings is 1. The molecule has 1 atom stereocenters. The summed E-state index contributed by atoms with van der Waals surface area (Å²) in [5.41, 5.74) is 2.55. The van der Waals surface area contributed by atoms with Crippen LogP contribution in [0.1, 0.15) is 43.2 Å². The molecule has 0 saturated carbocycles. The summed E-state index contributed by atoms with van der Waals surface area (Å²) in [6, 6.07) is 9.04. The summed E-state index contributed by atoms with van der Waals surface area (Å²) < 4.78 is 0. The Morgan fingerprint density at radius 3 is 2.55 bits per heavy atom. The lowest BCUT2D eigenvalue weighted by atomic mass is 10.1. The highest BCUT2D eigenvalue weighted by atomic mass is 16.1. The van der Waals surface area contributed by atoms with Gasteiger partial charge in [0.2, 0.25) is 5.91 Å². The minimum atomic E-state index is 0.153. The zero-order valence-corrected chi connectivity index (χ0v) is 13.3. The topological polar surface area (TPSA) is 44.4 Å². The normalized spacial score (nSPS) is 22.1. The Morgan fingerprint density at radius 1 is 1.14 bits per heavy atom. The van der Waals surface area contributed by atoms with Crippen LogP contribution in [0, 0.1) is 0 Å². The summed E-state index contributed by atoms with van der Waals surface area (Å²) in [6.07, 6.45) is 5.59. The number of nitrogens with one attached hydrogen (secondary N) is 2. The second-order valence-corrected chi connectivity index (χ2v) is 6.57. The third kappa shape index (κ3) is 4.55. The maximum absolute atomic E-state index is 11.9. The SMILES string of the molecule is O=C(CC1CCCN1)NCc1ccc(CN2CCCC2)cc1. The van der Waals surface area contributed by atoms with Crippen LogP contribution in [0.25, 0.3) is 0 Å². The van der Waals surface area contributed by atoms with Crippen LogP contribution in [0.2, 0.25) is 0 Å². The molecule has 2 saturated heterocycles. The number of nitrogens with zero attached hydrogens (tertiary/aromatic N) is 1. The first-order valence-electron chi connectivity index (χ1n) is 8.60. The molecule has 22 heavy (non-hydrogen) atoms. The molecular formula is C18H27N3O. The fourth-order valence-electron chi connectivity index (χ4n) is 3.39. The van der Waals surface area contributed by atoms with Crippen molar-refractivity contribution in [2.75, 3.05) is 19.6 Å². The molecule has 2 aliphatic heterocycles. The van der Waals surface area contributed by atoms with E-state index in [4.69, 9.17) is 0 Å². The summed E-state index contributed by atoms with van der Waals surface area (Å²) >= 11 is 0. The molecule has 4 nitrogen and oxygen atoms in total. The second kappa shape index (κ2) is 7.75. The first-order valence-corrected chi connectivity index (χ1v) is 8.60. The van der Waals surface area contributed by atoms with Gasteiger partial charge < -0.3 is 10.6 Å². The van der Waals surface area contributed by atoms with Crippen molar-refractivity contribution >= 4 is 5.91 Å². The summed E-state index contributed by atoms with van der Waals surface area (Å²) in [5, 5.41) is 6.39. The molecule has 1 unspecified atom stereocenters. The monoisotopic (exact) mass is 301 g/mol. The van der Waals surface area contributed by atoms with Crippen molar-refractivity contribution in [1.82, 2.24) is 15.5 Å².